The second kappa shape index (κ2) is 6.94. The molecule has 2 nitrogen and oxygen atoms in total. The highest BCUT2D eigenvalue weighted by atomic mass is 79.9. The van der Waals surface area contributed by atoms with E-state index in [9.17, 15) is 0 Å². The van der Waals surface area contributed by atoms with Gasteiger partial charge >= 0.3 is 0 Å². The Hall–Kier alpha value is -1.03. The topological polar surface area (TPSA) is 29.3 Å². The van der Waals surface area contributed by atoms with Crippen LogP contribution in [0.2, 0.25) is 5.02 Å². The molecule has 0 atom stereocenters. The van der Waals surface area contributed by atoms with E-state index < -0.39 is 0 Å². The van der Waals surface area contributed by atoms with Crippen LogP contribution >= 0.6 is 27.5 Å². The zero-order valence-electron chi connectivity index (χ0n) is 10.5. The van der Waals surface area contributed by atoms with Crippen LogP contribution in [0.25, 0.3) is 0 Å². The molecule has 19 heavy (non-hydrogen) atoms. The summed E-state index contributed by atoms with van der Waals surface area (Å²) < 4.78 is 1.06. The van der Waals surface area contributed by atoms with Crippen LogP contribution in [0.5, 0.6) is 0 Å². The van der Waals surface area contributed by atoms with Crippen LogP contribution in [-0.2, 0) is 6.54 Å². The lowest BCUT2D eigenvalue weighted by molar-refractivity contribution is 0.788. The Labute approximate surface area is 127 Å². The molecule has 0 spiro atoms. The summed E-state index contributed by atoms with van der Waals surface area (Å²) in [6, 6.07) is 16.1. The van der Waals surface area contributed by atoms with Crippen molar-refractivity contribution < 1.29 is 0 Å². The Morgan fingerprint density at radius 3 is 2.53 bits per heavy atom. The average Bonchev–Trinajstić information content (AvgIpc) is 2.43. The van der Waals surface area contributed by atoms with E-state index in [2.05, 4.69) is 33.0 Å². The summed E-state index contributed by atoms with van der Waals surface area (Å²) in [4.78, 5) is 2.25. The molecule has 0 heterocycles. The van der Waals surface area contributed by atoms with E-state index in [1.54, 1.807) is 0 Å². The highest BCUT2D eigenvalue weighted by Crippen LogP contribution is 2.24. The van der Waals surface area contributed by atoms with Crippen LogP contribution < -0.4 is 10.6 Å². The van der Waals surface area contributed by atoms with E-state index in [4.69, 9.17) is 17.3 Å². The number of rotatable bonds is 5. The highest BCUT2D eigenvalue weighted by molar-refractivity contribution is 9.10. The number of para-hydroxylation sites is 1. The zero-order valence-corrected chi connectivity index (χ0v) is 12.9. The van der Waals surface area contributed by atoms with E-state index in [0.717, 1.165) is 28.1 Å². The lowest BCUT2D eigenvalue weighted by Gasteiger charge is -2.25. The van der Waals surface area contributed by atoms with Crippen molar-refractivity contribution in [3.8, 4) is 0 Å². The molecule has 2 N–H and O–H groups in total. The Bertz CT molecular complexity index is 531. The molecule has 0 amide bonds. The second-order valence-corrected chi connectivity index (χ2v) is 5.57. The van der Waals surface area contributed by atoms with Gasteiger partial charge in [0.25, 0.3) is 0 Å². The van der Waals surface area contributed by atoms with Crippen LogP contribution in [0.15, 0.2) is 53.0 Å². The van der Waals surface area contributed by atoms with Gasteiger partial charge in [-0.3, -0.25) is 0 Å². The Morgan fingerprint density at radius 2 is 1.84 bits per heavy atom. The maximum absolute atomic E-state index is 6.06. The van der Waals surface area contributed by atoms with E-state index in [0.29, 0.717) is 6.54 Å². The van der Waals surface area contributed by atoms with E-state index >= 15 is 0 Å². The highest BCUT2D eigenvalue weighted by Gasteiger charge is 2.09. The summed E-state index contributed by atoms with van der Waals surface area (Å²) in [5.74, 6) is 0. The lowest BCUT2D eigenvalue weighted by atomic mass is 10.2. The quantitative estimate of drug-likeness (QED) is 0.890. The smallest absolute Gasteiger partial charge is 0.0441 e. The predicted molar refractivity (Wildman–Crippen MR) is 85.7 cm³/mol. The molecule has 0 unspecified atom stereocenters. The number of anilines is 1. The van der Waals surface area contributed by atoms with Gasteiger partial charge in [0.15, 0.2) is 0 Å². The van der Waals surface area contributed by atoms with Crippen LogP contribution in [0.1, 0.15) is 5.56 Å². The Morgan fingerprint density at radius 1 is 1.11 bits per heavy atom. The van der Waals surface area contributed by atoms with Crippen molar-refractivity contribution in [3.63, 3.8) is 0 Å². The minimum absolute atomic E-state index is 0.618. The van der Waals surface area contributed by atoms with Gasteiger partial charge < -0.3 is 10.6 Å². The summed E-state index contributed by atoms with van der Waals surface area (Å²) in [7, 11) is 0. The molecule has 0 aromatic heterocycles. The van der Waals surface area contributed by atoms with Gasteiger partial charge in [0.05, 0.1) is 0 Å². The fourth-order valence-corrected chi connectivity index (χ4v) is 2.53. The molecule has 2 aromatic rings. The molecule has 0 saturated heterocycles. The normalized spacial score (nSPS) is 10.5. The number of nitrogens with two attached hydrogens (primary N) is 1. The van der Waals surface area contributed by atoms with Gasteiger partial charge in [0, 0.05) is 34.8 Å². The second-order valence-electron chi connectivity index (χ2n) is 4.28. The van der Waals surface area contributed by atoms with E-state index in [-0.39, 0.29) is 0 Å². The number of benzene rings is 2. The third-order valence-electron chi connectivity index (χ3n) is 2.89. The van der Waals surface area contributed by atoms with Gasteiger partial charge in [-0.2, -0.15) is 0 Å². The molecular weight excluding hydrogens is 324 g/mol. The molecule has 2 aromatic carbocycles. The summed E-state index contributed by atoms with van der Waals surface area (Å²) in [6.07, 6.45) is 0. The summed E-state index contributed by atoms with van der Waals surface area (Å²) in [6.45, 7) is 2.21. The van der Waals surface area contributed by atoms with Gasteiger partial charge in [0.2, 0.25) is 0 Å². The number of hydrogen-bond donors (Lipinski definition) is 1. The van der Waals surface area contributed by atoms with Crippen LogP contribution in [-0.4, -0.2) is 13.1 Å². The third-order valence-corrected chi connectivity index (χ3v) is 3.90. The molecule has 0 bridgehead atoms. The first-order chi connectivity index (χ1) is 9.20. The van der Waals surface area contributed by atoms with Crippen molar-refractivity contribution in [1.29, 1.82) is 0 Å². The monoisotopic (exact) mass is 338 g/mol. The maximum Gasteiger partial charge on any atom is 0.0441 e. The first-order valence-electron chi connectivity index (χ1n) is 6.14. The molecule has 2 rings (SSSR count). The van der Waals surface area contributed by atoms with E-state index in [1.165, 1.54) is 5.69 Å². The van der Waals surface area contributed by atoms with Gasteiger partial charge in [-0.05, 0) is 35.9 Å². The van der Waals surface area contributed by atoms with Crippen molar-refractivity contribution in [3.05, 3.63) is 63.6 Å². The van der Waals surface area contributed by atoms with Crippen molar-refractivity contribution >= 4 is 33.2 Å². The van der Waals surface area contributed by atoms with E-state index in [1.807, 2.05) is 36.4 Å². The molecule has 0 saturated carbocycles. The van der Waals surface area contributed by atoms with Crippen molar-refractivity contribution in [2.45, 2.75) is 6.54 Å². The first-order valence-corrected chi connectivity index (χ1v) is 7.32. The third kappa shape index (κ3) is 3.96. The molecule has 0 fully saturated rings. The molecule has 0 aliphatic heterocycles. The molecule has 0 aliphatic rings. The summed E-state index contributed by atoms with van der Waals surface area (Å²) in [5, 5.41) is 0.749. The molecule has 0 radical (unpaired) electrons. The van der Waals surface area contributed by atoms with Crippen molar-refractivity contribution in [2.24, 2.45) is 5.73 Å². The molecule has 100 valence electrons. The van der Waals surface area contributed by atoms with Crippen LogP contribution in [0, 0.1) is 0 Å². The standard InChI is InChI=1S/C15H16BrClN2/c16-15-7-6-13(17)10-12(15)11-19(9-8-18)14-4-2-1-3-5-14/h1-7,10H,8-9,11,18H2. The van der Waals surface area contributed by atoms with Gasteiger partial charge in [-0.15, -0.1) is 0 Å². The summed E-state index contributed by atoms with van der Waals surface area (Å²) >= 11 is 9.63. The summed E-state index contributed by atoms with van der Waals surface area (Å²) in [5.41, 5.74) is 8.03. The number of nitrogens with zero attached hydrogens (tertiary/aromatic N) is 1. The van der Waals surface area contributed by atoms with Gasteiger partial charge in [-0.25, -0.2) is 0 Å². The molecular formula is C15H16BrClN2. The Balaban J connectivity index is 2.24. The van der Waals surface area contributed by atoms with Crippen molar-refractivity contribution in [2.75, 3.05) is 18.0 Å². The minimum Gasteiger partial charge on any atom is -0.366 e. The fraction of sp³-hybridized carbons (Fsp3) is 0.200. The maximum atomic E-state index is 6.06. The molecule has 4 heteroatoms. The fourth-order valence-electron chi connectivity index (χ4n) is 1.96. The lowest BCUT2D eigenvalue weighted by Crippen LogP contribution is -2.29. The van der Waals surface area contributed by atoms with Crippen molar-refractivity contribution in [1.82, 2.24) is 0 Å². The minimum atomic E-state index is 0.618. The number of hydrogen-bond acceptors (Lipinski definition) is 2. The van der Waals surface area contributed by atoms with Crippen LogP contribution in [0.4, 0.5) is 5.69 Å². The Kier molecular flexibility index (Phi) is 5.25. The van der Waals surface area contributed by atoms with Crippen LogP contribution in [0.3, 0.4) is 0 Å². The largest absolute Gasteiger partial charge is 0.366 e. The number of halogens is 2. The average molecular weight is 340 g/mol. The predicted octanol–water partition coefficient (Wildman–Crippen LogP) is 4.07. The first kappa shape index (κ1) is 14.4. The van der Waals surface area contributed by atoms with Gasteiger partial charge in [0.1, 0.15) is 0 Å². The van der Waals surface area contributed by atoms with Gasteiger partial charge in [-0.1, -0.05) is 45.7 Å². The molecule has 0 aliphatic carbocycles. The zero-order chi connectivity index (χ0) is 13.7. The SMILES string of the molecule is NCCN(Cc1cc(Cl)ccc1Br)c1ccccc1.